The summed E-state index contributed by atoms with van der Waals surface area (Å²) in [5.41, 5.74) is 0.587. The molecule has 2 heterocycles. The number of guanidine groups is 1. The lowest BCUT2D eigenvalue weighted by molar-refractivity contribution is 0.215. The number of benzene rings is 1. The van der Waals surface area contributed by atoms with Gasteiger partial charge in [0.05, 0.1) is 12.3 Å². The molecule has 2 N–H and O–H groups in total. The molecule has 1 aliphatic rings. The molecule has 2 aromatic rings. The van der Waals surface area contributed by atoms with Gasteiger partial charge in [-0.25, -0.2) is 4.39 Å². The van der Waals surface area contributed by atoms with Crippen LogP contribution in [-0.4, -0.2) is 37.5 Å². The van der Waals surface area contributed by atoms with Gasteiger partial charge in [0, 0.05) is 30.2 Å². The van der Waals surface area contributed by atoms with Crippen molar-refractivity contribution in [2.24, 2.45) is 4.99 Å². The summed E-state index contributed by atoms with van der Waals surface area (Å²) in [5.74, 6) is 1.36. The van der Waals surface area contributed by atoms with Crippen LogP contribution >= 0.6 is 15.9 Å². The number of halogens is 2. The lowest BCUT2D eigenvalue weighted by Gasteiger charge is -2.26. The third-order valence-corrected chi connectivity index (χ3v) is 5.09. The Kier molecular flexibility index (Phi) is 6.68. The van der Waals surface area contributed by atoms with E-state index < -0.39 is 0 Å². The number of furan rings is 1. The van der Waals surface area contributed by atoms with Gasteiger partial charge in [-0.15, -0.1) is 0 Å². The number of hydrogen-bond donors (Lipinski definition) is 2. The quantitative estimate of drug-likeness (QED) is 0.550. The fraction of sp³-hybridized carbons (Fsp3) is 0.421. The summed E-state index contributed by atoms with van der Waals surface area (Å²) in [7, 11) is 1.71. The molecular formula is C19H24BrFN4O. The topological polar surface area (TPSA) is 52.8 Å². The summed E-state index contributed by atoms with van der Waals surface area (Å²) in [6, 6.07) is 9.01. The summed E-state index contributed by atoms with van der Waals surface area (Å²) in [6.45, 7) is 3.18. The highest BCUT2D eigenvalue weighted by molar-refractivity contribution is 9.10. The molecule has 1 aromatic heterocycles. The molecule has 0 radical (unpaired) electrons. The Hall–Kier alpha value is -1.86. The minimum Gasteiger partial charge on any atom is -0.468 e. The van der Waals surface area contributed by atoms with E-state index in [-0.39, 0.29) is 11.9 Å². The van der Waals surface area contributed by atoms with E-state index in [0.29, 0.717) is 24.6 Å². The van der Waals surface area contributed by atoms with Crippen LogP contribution in [-0.2, 0) is 6.54 Å². The van der Waals surface area contributed by atoms with Crippen molar-refractivity contribution < 1.29 is 8.81 Å². The molecule has 0 spiro atoms. The second kappa shape index (κ2) is 9.19. The lowest BCUT2D eigenvalue weighted by atomic mass is 10.2. The van der Waals surface area contributed by atoms with Gasteiger partial charge in [0.15, 0.2) is 5.96 Å². The summed E-state index contributed by atoms with van der Waals surface area (Å²) >= 11 is 3.37. The maximum Gasteiger partial charge on any atom is 0.191 e. The average Bonchev–Trinajstić information content (AvgIpc) is 3.35. The second-order valence-electron chi connectivity index (χ2n) is 6.32. The Morgan fingerprint density at radius 2 is 2.12 bits per heavy atom. The molecule has 5 nitrogen and oxygen atoms in total. The van der Waals surface area contributed by atoms with Gasteiger partial charge in [-0.1, -0.05) is 15.9 Å². The number of nitrogens with zero attached hydrogens (tertiary/aromatic N) is 2. The number of likely N-dealkylation sites (tertiary alicyclic amines) is 1. The lowest BCUT2D eigenvalue weighted by Crippen LogP contribution is -2.42. The summed E-state index contributed by atoms with van der Waals surface area (Å²) < 4.78 is 20.4. The van der Waals surface area contributed by atoms with E-state index in [9.17, 15) is 4.39 Å². The molecule has 1 unspecified atom stereocenters. The normalized spacial score (nSPS) is 16.7. The van der Waals surface area contributed by atoms with E-state index in [1.807, 2.05) is 12.1 Å². The van der Waals surface area contributed by atoms with Gasteiger partial charge < -0.3 is 15.1 Å². The molecule has 1 atom stereocenters. The molecule has 1 aliphatic heterocycles. The molecule has 1 saturated heterocycles. The van der Waals surface area contributed by atoms with E-state index in [4.69, 9.17) is 4.42 Å². The zero-order valence-corrected chi connectivity index (χ0v) is 16.4. The van der Waals surface area contributed by atoms with Gasteiger partial charge in [-0.3, -0.25) is 9.89 Å². The first-order valence-electron chi connectivity index (χ1n) is 8.83. The van der Waals surface area contributed by atoms with Crippen LogP contribution < -0.4 is 10.6 Å². The van der Waals surface area contributed by atoms with E-state index in [0.717, 1.165) is 23.3 Å². The maximum absolute atomic E-state index is 13.9. The van der Waals surface area contributed by atoms with Crippen LogP contribution in [0.1, 0.15) is 30.2 Å². The average molecular weight is 423 g/mol. The maximum atomic E-state index is 13.9. The van der Waals surface area contributed by atoms with Crippen molar-refractivity contribution in [2.45, 2.75) is 25.4 Å². The first kappa shape index (κ1) is 18.9. The first-order chi connectivity index (χ1) is 12.7. The number of rotatable bonds is 6. The Bertz CT molecular complexity index is 729. The van der Waals surface area contributed by atoms with Crippen molar-refractivity contribution in [3.8, 4) is 0 Å². The Balaban J connectivity index is 1.59. The van der Waals surface area contributed by atoms with Crippen LogP contribution in [0.4, 0.5) is 4.39 Å². The van der Waals surface area contributed by atoms with Crippen molar-refractivity contribution in [3.63, 3.8) is 0 Å². The highest BCUT2D eigenvalue weighted by atomic mass is 79.9. The third-order valence-electron chi connectivity index (χ3n) is 4.59. The van der Waals surface area contributed by atoms with Crippen molar-refractivity contribution in [1.82, 2.24) is 15.5 Å². The Labute approximate surface area is 161 Å². The van der Waals surface area contributed by atoms with Gasteiger partial charge in [0.25, 0.3) is 0 Å². The fourth-order valence-electron chi connectivity index (χ4n) is 3.22. The molecule has 1 fully saturated rings. The third kappa shape index (κ3) is 4.86. The number of hydrogen-bond acceptors (Lipinski definition) is 3. The molecular weight excluding hydrogens is 399 g/mol. The van der Waals surface area contributed by atoms with E-state index >= 15 is 0 Å². The number of nitrogens with one attached hydrogen (secondary N) is 2. The number of aliphatic imine (C=N–C) groups is 1. The molecule has 0 aliphatic carbocycles. The van der Waals surface area contributed by atoms with Crippen LogP contribution in [0.5, 0.6) is 0 Å². The molecule has 0 amide bonds. The van der Waals surface area contributed by atoms with Gasteiger partial charge in [0.1, 0.15) is 11.6 Å². The molecule has 140 valence electrons. The predicted octanol–water partition coefficient (Wildman–Crippen LogP) is 3.68. The van der Waals surface area contributed by atoms with E-state index in [2.05, 4.69) is 36.5 Å². The first-order valence-corrected chi connectivity index (χ1v) is 9.62. The van der Waals surface area contributed by atoms with Crippen molar-refractivity contribution in [1.29, 1.82) is 0 Å². The molecule has 26 heavy (non-hydrogen) atoms. The van der Waals surface area contributed by atoms with Gasteiger partial charge in [0.2, 0.25) is 0 Å². The Morgan fingerprint density at radius 3 is 2.81 bits per heavy atom. The zero-order chi connectivity index (χ0) is 18.4. The van der Waals surface area contributed by atoms with E-state index in [1.54, 1.807) is 25.4 Å². The smallest absolute Gasteiger partial charge is 0.191 e. The standard InChI is InChI=1S/C19H24BrFN4O/c1-22-19(23-12-14-11-15(20)6-7-16(14)21)24-13-17(18-5-4-10-26-18)25-8-2-3-9-25/h4-7,10-11,17H,2-3,8-9,12-13H2,1H3,(H2,22,23,24). The predicted molar refractivity (Wildman–Crippen MR) is 105 cm³/mol. The highest BCUT2D eigenvalue weighted by Gasteiger charge is 2.25. The molecule has 3 rings (SSSR count). The molecule has 1 aromatic carbocycles. The van der Waals surface area contributed by atoms with Crippen LogP contribution in [0.3, 0.4) is 0 Å². The molecule has 0 bridgehead atoms. The monoisotopic (exact) mass is 422 g/mol. The van der Waals surface area contributed by atoms with E-state index in [1.165, 1.54) is 18.9 Å². The molecule has 0 saturated carbocycles. The SMILES string of the molecule is CN=C(NCc1cc(Br)ccc1F)NCC(c1ccco1)N1CCCC1. The van der Waals surface area contributed by atoms with Crippen molar-refractivity contribution in [3.05, 3.63) is 58.2 Å². The van der Waals surface area contributed by atoms with Crippen molar-refractivity contribution >= 4 is 21.9 Å². The largest absolute Gasteiger partial charge is 0.468 e. The fourth-order valence-corrected chi connectivity index (χ4v) is 3.62. The van der Waals surface area contributed by atoms with Gasteiger partial charge >= 0.3 is 0 Å². The summed E-state index contributed by atoms with van der Waals surface area (Å²) in [4.78, 5) is 6.67. The van der Waals surface area contributed by atoms with Gasteiger partial charge in [-0.05, 0) is 56.3 Å². The highest BCUT2D eigenvalue weighted by Crippen LogP contribution is 2.24. The second-order valence-corrected chi connectivity index (χ2v) is 7.23. The summed E-state index contributed by atoms with van der Waals surface area (Å²) in [6.07, 6.45) is 4.14. The van der Waals surface area contributed by atoms with Gasteiger partial charge in [-0.2, -0.15) is 0 Å². The van der Waals surface area contributed by atoms with Crippen LogP contribution in [0.2, 0.25) is 0 Å². The van der Waals surface area contributed by atoms with Crippen molar-refractivity contribution in [2.75, 3.05) is 26.7 Å². The van der Waals surface area contributed by atoms with Crippen LogP contribution in [0.15, 0.2) is 50.5 Å². The van der Waals surface area contributed by atoms with Crippen LogP contribution in [0.25, 0.3) is 0 Å². The minimum atomic E-state index is -0.235. The molecule has 7 heteroatoms. The Morgan fingerprint density at radius 1 is 1.31 bits per heavy atom. The minimum absolute atomic E-state index is 0.161. The zero-order valence-electron chi connectivity index (χ0n) is 14.8. The summed E-state index contributed by atoms with van der Waals surface area (Å²) in [5, 5.41) is 6.52. The van der Waals surface area contributed by atoms with Crippen LogP contribution in [0, 0.1) is 5.82 Å².